The molecule has 5 heteroatoms. The summed E-state index contributed by atoms with van der Waals surface area (Å²) in [4.78, 5) is 21.2. The van der Waals surface area contributed by atoms with E-state index in [0.29, 0.717) is 6.54 Å². The quantitative estimate of drug-likeness (QED) is 0.409. The Morgan fingerprint density at radius 2 is 2.08 bits per heavy atom. The molecule has 0 bridgehead atoms. The molecule has 0 atom stereocenters. The molecule has 0 saturated heterocycles. The van der Waals surface area contributed by atoms with Crippen LogP contribution in [0.15, 0.2) is 0 Å². The second-order valence-corrected chi connectivity index (χ2v) is 2.18. The van der Waals surface area contributed by atoms with Crippen LogP contribution in [0.1, 0.15) is 6.42 Å². The summed E-state index contributed by atoms with van der Waals surface area (Å²) < 4.78 is 4.40. The van der Waals surface area contributed by atoms with E-state index in [9.17, 15) is 9.59 Å². The van der Waals surface area contributed by atoms with Crippen LogP contribution in [0.3, 0.4) is 0 Å². The molecule has 70 valence electrons. The van der Waals surface area contributed by atoms with E-state index < -0.39 is 0 Å². The first-order chi connectivity index (χ1) is 5.70. The molecule has 0 aliphatic heterocycles. The van der Waals surface area contributed by atoms with Crippen LogP contribution in [-0.2, 0) is 14.3 Å². The molecular weight excluding hydrogens is 160 g/mol. The topological polar surface area (TPSA) is 67.4 Å². The molecule has 0 aromatic rings. The fourth-order valence-electron chi connectivity index (χ4n) is 0.583. The lowest BCUT2D eigenvalue weighted by Gasteiger charge is -2.01. The molecule has 0 aromatic carbocycles. The molecular formula is C7H14N2O3. The lowest BCUT2D eigenvalue weighted by Crippen LogP contribution is -2.32. The van der Waals surface area contributed by atoms with Crippen molar-refractivity contribution in [1.29, 1.82) is 0 Å². The molecule has 0 saturated carbocycles. The van der Waals surface area contributed by atoms with Gasteiger partial charge < -0.3 is 15.4 Å². The molecule has 5 nitrogen and oxygen atoms in total. The zero-order chi connectivity index (χ0) is 9.40. The van der Waals surface area contributed by atoms with Crippen molar-refractivity contribution in [2.45, 2.75) is 6.42 Å². The molecule has 0 unspecified atom stereocenters. The molecule has 0 aliphatic rings. The summed E-state index contributed by atoms with van der Waals surface area (Å²) in [6.07, 6.45) is 0.285. The number of rotatable bonds is 5. The minimum absolute atomic E-state index is 0.0973. The first-order valence-corrected chi connectivity index (χ1v) is 3.68. The second-order valence-electron chi connectivity index (χ2n) is 2.18. The van der Waals surface area contributed by atoms with Gasteiger partial charge in [0, 0.05) is 13.6 Å². The molecule has 0 aromatic heterocycles. The zero-order valence-corrected chi connectivity index (χ0v) is 7.35. The van der Waals surface area contributed by atoms with Gasteiger partial charge in [-0.25, -0.2) is 0 Å². The van der Waals surface area contributed by atoms with Gasteiger partial charge in [-0.2, -0.15) is 0 Å². The maximum atomic E-state index is 10.6. The SMILES string of the molecule is CNC(=O)CNCCC(=O)OC. The van der Waals surface area contributed by atoms with E-state index in [-0.39, 0.29) is 24.8 Å². The van der Waals surface area contributed by atoms with Crippen molar-refractivity contribution < 1.29 is 14.3 Å². The van der Waals surface area contributed by atoms with Crippen LogP contribution in [0.25, 0.3) is 0 Å². The van der Waals surface area contributed by atoms with Crippen molar-refractivity contribution in [3.8, 4) is 0 Å². The maximum Gasteiger partial charge on any atom is 0.306 e. The molecule has 0 fully saturated rings. The lowest BCUT2D eigenvalue weighted by molar-refractivity contribution is -0.140. The summed E-state index contributed by atoms with van der Waals surface area (Å²) >= 11 is 0. The normalized spacial score (nSPS) is 9.17. The van der Waals surface area contributed by atoms with Gasteiger partial charge in [-0.05, 0) is 0 Å². The first kappa shape index (κ1) is 10.9. The first-order valence-electron chi connectivity index (χ1n) is 3.68. The van der Waals surface area contributed by atoms with Crippen LogP contribution < -0.4 is 10.6 Å². The molecule has 0 aliphatic carbocycles. The summed E-state index contributed by atoms with van der Waals surface area (Å²) in [5.74, 6) is -0.376. The van der Waals surface area contributed by atoms with E-state index >= 15 is 0 Å². The Morgan fingerprint density at radius 1 is 1.42 bits per heavy atom. The summed E-state index contributed by atoms with van der Waals surface area (Å²) in [7, 11) is 2.89. The molecule has 0 spiro atoms. The van der Waals surface area contributed by atoms with Crippen molar-refractivity contribution in [2.75, 3.05) is 27.2 Å². The van der Waals surface area contributed by atoms with E-state index in [4.69, 9.17) is 0 Å². The predicted octanol–water partition coefficient (Wildman–Crippen LogP) is -1.11. The highest BCUT2D eigenvalue weighted by atomic mass is 16.5. The zero-order valence-electron chi connectivity index (χ0n) is 7.35. The number of carbonyl (C=O) groups excluding carboxylic acids is 2. The van der Waals surface area contributed by atoms with Gasteiger partial charge in [0.05, 0.1) is 20.1 Å². The van der Waals surface area contributed by atoms with Gasteiger partial charge in [0.15, 0.2) is 0 Å². The molecule has 2 N–H and O–H groups in total. The number of hydrogen-bond donors (Lipinski definition) is 2. The van der Waals surface area contributed by atoms with E-state index in [2.05, 4.69) is 15.4 Å². The van der Waals surface area contributed by atoms with Crippen molar-refractivity contribution in [3.63, 3.8) is 0 Å². The fraction of sp³-hybridized carbons (Fsp3) is 0.714. The number of ether oxygens (including phenoxy) is 1. The smallest absolute Gasteiger partial charge is 0.306 e. The molecule has 12 heavy (non-hydrogen) atoms. The second kappa shape index (κ2) is 6.60. The maximum absolute atomic E-state index is 10.6. The summed E-state index contributed by atoms with van der Waals surface area (Å²) in [5.41, 5.74) is 0. The van der Waals surface area contributed by atoms with Crippen LogP contribution in [0.2, 0.25) is 0 Å². The molecule has 0 radical (unpaired) electrons. The summed E-state index contributed by atoms with van der Waals surface area (Å²) in [6.45, 7) is 0.688. The van der Waals surface area contributed by atoms with Crippen LogP contribution >= 0.6 is 0 Å². The Balaban J connectivity index is 3.21. The highest BCUT2D eigenvalue weighted by molar-refractivity contribution is 5.77. The predicted molar refractivity (Wildman–Crippen MR) is 43.6 cm³/mol. The summed E-state index contributed by atoms with van der Waals surface area (Å²) in [5, 5.41) is 5.24. The number of hydrogen-bond acceptors (Lipinski definition) is 4. The number of esters is 1. The van der Waals surface area contributed by atoms with Crippen LogP contribution in [0, 0.1) is 0 Å². The Hall–Kier alpha value is -1.10. The minimum Gasteiger partial charge on any atom is -0.469 e. The number of nitrogens with one attached hydrogen (secondary N) is 2. The van der Waals surface area contributed by atoms with Gasteiger partial charge >= 0.3 is 5.97 Å². The van der Waals surface area contributed by atoms with Gasteiger partial charge in [-0.15, -0.1) is 0 Å². The average Bonchev–Trinajstić information content (AvgIpc) is 2.11. The molecule has 0 rings (SSSR count). The van der Waals surface area contributed by atoms with Crippen LogP contribution in [0.5, 0.6) is 0 Å². The van der Waals surface area contributed by atoms with Crippen LogP contribution in [0.4, 0.5) is 0 Å². The van der Waals surface area contributed by atoms with Crippen molar-refractivity contribution in [2.24, 2.45) is 0 Å². The third-order valence-corrected chi connectivity index (χ3v) is 1.30. The van der Waals surface area contributed by atoms with E-state index in [0.717, 1.165) is 0 Å². The number of likely N-dealkylation sites (N-methyl/N-ethyl adjacent to an activating group) is 1. The van der Waals surface area contributed by atoms with Crippen LogP contribution in [-0.4, -0.2) is 39.1 Å². The Labute approximate surface area is 71.5 Å². The monoisotopic (exact) mass is 174 g/mol. The van der Waals surface area contributed by atoms with Gasteiger partial charge in [0.1, 0.15) is 0 Å². The van der Waals surface area contributed by atoms with Crippen molar-refractivity contribution in [1.82, 2.24) is 10.6 Å². The molecule has 0 heterocycles. The van der Waals surface area contributed by atoms with Crippen molar-refractivity contribution in [3.05, 3.63) is 0 Å². The average molecular weight is 174 g/mol. The Bertz CT molecular complexity index is 141. The van der Waals surface area contributed by atoms with Gasteiger partial charge in [0.2, 0.25) is 5.91 Å². The fourth-order valence-corrected chi connectivity index (χ4v) is 0.583. The van der Waals surface area contributed by atoms with E-state index in [1.165, 1.54) is 7.11 Å². The van der Waals surface area contributed by atoms with E-state index in [1.807, 2.05) is 0 Å². The molecule has 1 amide bonds. The standard InChI is InChI=1S/C7H14N2O3/c1-8-6(10)5-9-4-3-7(11)12-2/h9H,3-5H2,1-2H3,(H,8,10). The van der Waals surface area contributed by atoms with Gasteiger partial charge in [0.25, 0.3) is 0 Å². The highest BCUT2D eigenvalue weighted by Crippen LogP contribution is 1.80. The van der Waals surface area contributed by atoms with E-state index in [1.54, 1.807) is 7.05 Å². The summed E-state index contributed by atoms with van der Waals surface area (Å²) in [6, 6.07) is 0. The largest absolute Gasteiger partial charge is 0.469 e. The number of methoxy groups -OCH3 is 1. The Kier molecular flexibility index (Phi) is 6.00. The van der Waals surface area contributed by atoms with Crippen molar-refractivity contribution >= 4 is 11.9 Å². The lowest BCUT2D eigenvalue weighted by atomic mass is 10.4. The minimum atomic E-state index is -0.278. The number of carbonyl (C=O) groups is 2. The van der Waals surface area contributed by atoms with Gasteiger partial charge in [-0.3, -0.25) is 9.59 Å². The van der Waals surface area contributed by atoms with Gasteiger partial charge in [-0.1, -0.05) is 0 Å². The number of amides is 1. The third-order valence-electron chi connectivity index (χ3n) is 1.30. The Morgan fingerprint density at radius 3 is 2.58 bits per heavy atom. The third kappa shape index (κ3) is 5.67. The highest BCUT2D eigenvalue weighted by Gasteiger charge is 2.00.